The summed E-state index contributed by atoms with van der Waals surface area (Å²) in [6.45, 7) is 0.209. The van der Waals surface area contributed by atoms with E-state index in [1.54, 1.807) is 0 Å². The van der Waals surface area contributed by atoms with Crippen LogP contribution in [0.5, 0.6) is 6.01 Å². The number of aromatic nitrogens is 2. The van der Waals surface area contributed by atoms with Crippen molar-refractivity contribution in [1.82, 2.24) is 9.55 Å². The molecule has 3 atom stereocenters. The van der Waals surface area contributed by atoms with Crippen LogP contribution in [0.4, 0.5) is 4.39 Å². The van der Waals surface area contributed by atoms with Gasteiger partial charge in [-0.2, -0.15) is 9.37 Å². The van der Waals surface area contributed by atoms with Crippen LogP contribution in [0.1, 0.15) is 29.3 Å². The molecule has 2 aliphatic heterocycles. The third-order valence-electron chi connectivity index (χ3n) is 6.63. The Morgan fingerprint density at radius 2 is 1.44 bits per heavy atom. The molecule has 1 fully saturated rings. The summed E-state index contributed by atoms with van der Waals surface area (Å²) < 4.78 is 34.3. The van der Waals surface area contributed by atoms with E-state index < -0.39 is 29.3 Å². The highest BCUT2D eigenvalue weighted by molar-refractivity contribution is 5.85. The minimum atomic E-state index is -0.943. The van der Waals surface area contributed by atoms with Gasteiger partial charge in [-0.15, -0.1) is 12.4 Å². The van der Waals surface area contributed by atoms with Gasteiger partial charge in [-0.25, -0.2) is 0 Å². The van der Waals surface area contributed by atoms with Crippen LogP contribution in [0.25, 0.3) is 0 Å². The molecule has 2 aliphatic rings. The van der Waals surface area contributed by atoms with E-state index in [-0.39, 0.29) is 31.1 Å². The Morgan fingerprint density at radius 1 is 0.917 bits per heavy atom. The van der Waals surface area contributed by atoms with Crippen LogP contribution in [0.15, 0.2) is 102 Å². The van der Waals surface area contributed by atoms with Gasteiger partial charge < -0.3 is 14.2 Å². The standard InChI is InChI=1S/C28H23FN2O4.ClH/c29-22-17-31-25-16-23(35-27(31)30-26(22)32)24(34-25)18-33-28(19-10-4-1-5-11-19,20-12-6-2-7-13-20)21-14-8-3-9-15-21;/h1-15,17,23-25H,16,18H2;1H/t23-,24-,25-;/m1./s1. The van der Waals surface area contributed by atoms with Gasteiger partial charge >= 0.3 is 11.6 Å². The Kier molecular flexibility index (Phi) is 6.62. The smallest absolute Gasteiger partial charge is 0.311 e. The summed E-state index contributed by atoms with van der Waals surface area (Å²) in [5.74, 6) is -0.935. The Labute approximate surface area is 213 Å². The molecule has 0 spiro atoms. The first-order valence-corrected chi connectivity index (χ1v) is 11.6. The molecule has 4 aromatic rings. The van der Waals surface area contributed by atoms with E-state index in [9.17, 15) is 9.18 Å². The number of ether oxygens (including phenoxy) is 3. The molecule has 3 aromatic carbocycles. The quantitative estimate of drug-likeness (QED) is 0.349. The van der Waals surface area contributed by atoms with Gasteiger partial charge in [0.25, 0.3) is 0 Å². The molecule has 3 heterocycles. The van der Waals surface area contributed by atoms with Gasteiger partial charge in [0.15, 0.2) is 0 Å². The van der Waals surface area contributed by atoms with Crippen molar-refractivity contribution >= 4 is 12.4 Å². The number of hydrogen-bond donors (Lipinski definition) is 0. The Hall–Kier alpha value is -3.52. The molecule has 2 bridgehead atoms. The van der Waals surface area contributed by atoms with Crippen LogP contribution in [0, 0.1) is 5.82 Å². The van der Waals surface area contributed by atoms with E-state index >= 15 is 0 Å². The van der Waals surface area contributed by atoms with Gasteiger partial charge in [-0.1, -0.05) is 91.0 Å². The highest BCUT2D eigenvalue weighted by Crippen LogP contribution is 2.43. The molecule has 0 radical (unpaired) electrons. The maximum absolute atomic E-state index is 13.9. The lowest BCUT2D eigenvalue weighted by Gasteiger charge is -2.37. The van der Waals surface area contributed by atoms with Crippen LogP contribution in [0.3, 0.4) is 0 Å². The van der Waals surface area contributed by atoms with Crippen LogP contribution >= 0.6 is 12.4 Å². The van der Waals surface area contributed by atoms with E-state index in [0.29, 0.717) is 6.42 Å². The van der Waals surface area contributed by atoms with Crippen LogP contribution < -0.4 is 10.3 Å². The van der Waals surface area contributed by atoms with E-state index in [1.807, 2.05) is 54.6 Å². The average Bonchev–Trinajstić information content (AvgIpc) is 3.24. The predicted octanol–water partition coefficient (Wildman–Crippen LogP) is 4.86. The summed E-state index contributed by atoms with van der Waals surface area (Å²) in [5, 5.41) is 0. The molecule has 0 aliphatic carbocycles. The van der Waals surface area contributed by atoms with Crippen LogP contribution in [-0.4, -0.2) is 28.4 Å². The van der Waals surface area contributed by atoms with Crippen molar-refractivity contribution in [2.24, 2.45) is 0 Å². The Balaban J connectivity index is 0.00000267. The second kappa shape index (κ2) is 9.85. The second-order valence-corrected chi connectivity index (χ2v) is 8.70. The van der Waals surface area contributed by atoms with Crippen molar-refractivity contribution < 1.29 is 18.6 Å². The average molecular weight is 507 g/mol. The maximum atomic E-state index is 13.9. The first-order chi connectivity index (χ1) is 17.1. The lowest BCUT2D eigenvalue weighted by Crippen LogP contribution is -2.39. The zero-order chi connectivity index (χ0) is 23.8. The fraction of sp³-hybridized carbons (Fsp3) is 0.214. The van der Waals surface area contributed by atoms with E-state index in [0.717, 1.165) is 22.9 Å². The molecule has 0 N–H and O–H groups in total. The van der Waals surface area contributed by atoms with Crippen molar-refractivity contribution in [2.45, 2.75) is 30.5 Å². The van der Waals surface area contributed by atoms with Crippen molar-refractivity contribution in [3.05, 3.63) is 130 Å². The summed E-state index contributed by atoms with van der Waals surface area (Å²) in [4.78, 5) is 15.4. The molecule has 8 heteroatoms. The number of fused-ring (bicyclic) bond motifs is 4. The first kappa shape index (κ1) is 24.2. The topological polar surface area (TPSA) is 62.6 Å². The first-order valence-electron chi connectivity index (χ1n) is 11.6. The molecular weight excluding hydrogens is 483 g/mol. The van der Waals surface area contributed by atoms with Crippen molar-refractivity contribution in [2.75, 3.05) is 6.61 Å². The lowest BCUT2D eigenvalue weighted by molar-refractivity contribution is -0.0816. The monoisotopic (exact) mass is 506 g/mol. The molecule has 0 unspecified atom stereocenters. The van der Waals surface area contributed by atoms with Crippen LogP contribution in [-0.2, 0) is 15.1 Å². The molecule has 1 saturated heterocycles. The summed E-state index contributed by atoms with van der Waals surface area (Å²) >= 11 is 0. The van der Waals surface area contributed by atoms with E-state index in [1.165, 1.54) is 4.57 Å². The molecule has 6 nitrogen and oxygen atoms in total. The lowest BCUT2D eigenvalue weighted by atomic mass is 9.80. The molecule has 184 valence electrons. The van der Waals surface area contributed by atoms with Gasteiger partial charge in [-0.05, 0) is 16.7 Å². The van der Waals surface area contributed by atoms with Gasteiger partial charge in [-0.3, -0.25) is 9.36 Å². The third-order valence-corrected chi connectivity index (χ3v) is 6.63. The largest absolute Gasteiger partial charge is 0.458 e. The fourth-order valence-electron chi connectivity index (χ4n) is 4.98. The van der Waals surface area contributed by atoms with Gasteiger partial charge in [0.05, 0.1) is 12.8 Å². The zero-order valence-corrected chi connectivity index (χ0v) is 20.0. The molecule has 6 rings (SSSR count). The number of halogens is 2. The number of nitrogens with zero attached hydrogens (tertiary/aromatic N) is 2. The van der Waals surface area contributed by atoms with E-state index in [2.05, 4.69) is 41.4 Å². The number of benzene rings is 3. The summed E-state index contributed by atoms with van der Waals surface area (Å²) in [6, 6.07) is 30.3. The fourth-order valence-corrected chi connectivity index (χ4v) is 4.98. The molecule has 36 heavy (non-hydrogen) atoms. The highest BCUT2D eigenvalue weighted by atomic mass is 35.5. The molecule has 1 aromatic heterocycles. The number of hydrogen-bond acceptors (Lipinski definition) is 5. The van der Waals surface area contributed by atoms with Gasteiger partial charge in [0, 0.05) is 6.42 Å². The summed E-state index contributed by atoms with van der Waals surface area (Å²) in [5.41, 5.74) is 1.11. The Bertz CT molecular complexity index is 1290. The summed E-state index contributed by atoms with van der Waals surface area (Å²) in [7, 11) is 0. The second-order valence-electron chi connectivity index (χ2n) is 8.70. The molecule has 0 amide bonds. The normalized spacial score (nSPS) is 20.2. The molecular formula is C28H24ClFN2O4. The van der Waals surface area contributed by atoms with E-state index in [4.69, 9.17) is 14.2 Å². The third kappa shape index (κ3) is 4.09. The minimum absolute atomic E-state index is 0. The van der Waals surface area contributed by atoms with Gasteiger partial charge in [0.2, 0.25) is 5.82 Å². The van der Waals surface area contributed by atoms with Crippen molar-refractivity contribution in [3.8, 4) is 6.01 Å². The van der Waals surface area contributed by atoms with Crippen LogP contribution in [0.2, 0.25) is 0 Å². The summed E-state index contributed by atoms with van der Waals surface area (Å²) in [6.07, 6.45) is 0.337. The highest BCUT2D eigenvalue weighted by Gasteiger charge is 2.46. The van der Waals surface area contributed by atoms with Crippen molar-refractivity contribution in [3.63, 3.8) is 0 Å². The van der Waals surface area contributed by atoms with Crippen molar-refractivity contribution in [1.29, 1.82) is 0 Å². The predicted molar refractivity (Wildman–Crippen MR) is 134 cm³/mol. The Morgan fingerprint density at radius 3 is 1.97 bits per heavy atom. The maximum Gasteiger partial charge on any atom is 0.311 e. The minimum Gasteiger partial charge on any atom is -0.458 e. The number of rotatable bonds is 6. The zero-order valence-electron chi connectivity index (χ0n) is 19.2. The molecule has 0 saturated carbocycles. The SMILES string of the molecule is Cl.O=c1nc2n(cc1F)[C@H]1C[C@@H](O2)[C@@H](COC(c2ccccc2)(c2ccccc2)c2ccccc2)O1. The van der Waals surface area contributed by atoms with Gasteiger partial charge in [0.1, 0.15) is 24.0 Å².